The van der Waals surface area contributed by atoms with Gasteiger partial charge in [0.05, 0.1) is 22.3 Å². The first kappa shape index (κ1) is 13.4. The third kappa shape index (κ3) is 2.93. The lowest BCUT2D eigenvalue weighted by molar-refractivity contribution is 0.179. The van der Waals surface area contributed by atoms with E-state index in [0.29, 0.717) is 6.42 Å². The first-order valence-electron chi connectivity index (χ1n) is 6.24. The van der Waals surface area contributed by atoms with Gasteiger partial charge in [-0.3, -0.25) is 0 Å². The average Bonchev–Trinajstić information content (AvgIpc) is 3.09. The number of thiophene rings is 1. The molecule has 0 fully saturated rings. The third-order valence-corrected chi connectivity index (χ3v) is 4.28. The fraction of sp³-hybridized carbons (Fsp3) is 0.133. The molecule has 102 valence electrons. The van der Waals surface area contributed by atoms with Crippen molar-refractivity contribution in [2.75, 3.05) is 0 Å². The van der Waals surface area contributed by atoms with Crippen LogP contribution in [0, 0.1) is 0 Å². The molecule has 0 saturated heterocycles. The van der Waals surface area contributed by atoms with Crippen molar-refractivity contribution in [2.45, 2.75) is 12.5 Å². The summed E-state index contributed by atoms with van der Waals surface area (Å²) in [5.74, 6) is 0. The van der Waals surface area contributed by atoms with E-state index in [-0.39, 0.29) is 0 Å². The van der Waals surface area contributed by atoms with Crippen LogP contribution in [0.2, 0.25) is 4.34 Å². The van der Waals surface area contributed by atoms with Gasteiger partial charge in [-0.1, -0.05) is 29.8 Å². The van der Waals surface area contributed by atoms with E-state index in [1.807, 2.05) is 48.7 Å². The summed E-state index contributed by atoms with van der Waals surface area (Å²) in [7, 11) is 0. The minimum atomic E-state index is -0.567. The normalized spacial score (nSPS) is 12.5. The molecule has 3 nitrogen and oxygen atoms in total. The Morgan fingerprint density at radius 1 is 1.20 bits per heavy atom. The van der Waals surface area contributed by atoms with Gasteiger partial charge in [0.15, 0.2) is 0 Å². The maximum absolute atomic E-state index is 10.3. The lowest BCUT2D eigenvalue weighted by atomic mass is 10.1. The van der Waals surface area contributed by atoms with Crippen molar-refractivity contribution >= 4 is 22.9 Å². The van der Waals surface area contributed by atoms with E-state index in [9.17, 15) is 5.11 Å². The van der Waals surface area contributed by atoms with E-state index in [2.05, 4.69) is 5.10 Å². The first-order valence-corrected chi connectivity index (χ1v) is 7.44. The van der Waals surface area contributed by atoms with Crippen molar-refractivity contribution in [1.82, 2.24) is 9.78 Å². The van der Waals surface area contributed by atoms with Gasteiger partial charge in [0.2, 0.25) is 0 Å². The van der Waals surface area contributed by atoms with Gasteiger partial charge in [0, 0.05) is 23.1 Å². The van der Waals surface area contributed by atoms with Crippen LogP contribution in [0.5, 0.6) is 0 Å². The lowest BCUT2D eigenvalue weighted by Crippen LogP contribution is -1.99. The maximum Gasteiger partial charge on any atom is 0.0931 e. The van der Waals surface area contributed by atoms with Crippen LogP contribution in [0.25, 0.3) is 5.69 Å². The van der Waals surface area contributed by atoms with Gasteiger partial charge in [-0.25, -0.2) is 4.68 Å². The van der Waals surface area contributed by atoms with Crippen molar-refractivity contribution in [3.63, 3.8) is 0 Å². The summed E-state index contributed by atoms with van der Waals surface area (Å²) >= 11 is 7.39. The second kappa shape index (κ2) is 5.79. The van der Waals surface area contributed by atoms with Gasteiger partial charge in [0.1, 0.15) is 0 Å². The Bertz CT molecular complexity index is 693. The fourth-order valence-electron chi connectivity index (χ4n) is 2.00. The molecule has 3 aromatic rings. The van der Waals surface area contributed by atoms with E-state index in [1.165, 1.54) is 11.3 Å². The highest BCUT2D eigenvalue weighted by Crippen LogP contribution is 2.26. The van der Waals surface area contributed by atoms with Crippen LogP contribution in [0.3, 0.4) is 0 Å². The SMILES string of the molecule is OC(Cc1ccc(Cl)s1)c1cnn(-c2ccccc2)c1. The van der Waals surface area contributed by atoms with Gasteiger partial charge < -0.3 is 5.11 Å². The molecular weight excluding hydrogens is 292 g/mol. The van der Waals surface area contributed by atoms with Crippen LogP contribution in [-0.4, -0.2) is 14.9 Å². The van der Waals surface area contributed by atoms with E-state index in [4.69, 9.17) is 11.6 Å². The summed E-state index contributed by atoms with van der Waals surface area (Å²) in [6.07, 6.45) is 3.54. The number of aliphatic hydroxyl groups excluding tert-OH is 1. The molecule has 1 atom stereocenters. The summed E-state index contributed by atoms with van der Waals surface area (Å²) < 4.78 is 2.51. The van der Waals surface area contributed by atoms with Crippen molar-refractivity contribution in [1.29, 1.82) is 0 Å². The van der Waals surface area contributed by atoms with Gasteiger partial charge >= 0.3 is 0 Å². The number of hydrogen-bond donors (Lipinski definition) is 1. The molecule has 1 unspecified atom stereocenters. The van der Waals surface area contributed by atoms with Gasteiger partial charge in [-0.2, -0.15) is 5.10 Å². The van der Waals surface area contributed by atoms with Crippen LogP contribution in [0.4, 0.5) is 0 Å². The molecule has 1 aromatic carbocycles. The van der Waals surface area contributed by atoms with Crippen molar-refractivity contribution < 1.29 is 5.11 Å². The zero-order valence-electron chi connectivity index (χ0n) is 10.6. The topological polar surface area (TPSA) is 38.1 Å². The number of benzene rings is 1. The minimum Gasteiger partial charge on any atom is -0.388 e. The number of nitrogens with zero attached hydrogens (tertiary/aromatic N) is 2. The maximum atomic E-state index is 10.3. The Labute approximate surface area is 126 Å². The second-order valence-corrected chi connectivity index (χ2v) is 6.28. The number of hydrogen-bond acceptors (Lipinski definition) is 3. The van der Waals surface area contributed by atoms with E-state index < -0.39 is 6.10 Å². The molecule has 3 rings (SSSR count). The molecule has 0 aliphatic heterocycles. The summed E-state index contributed by atoms with van der Waals surface area (Å²) in [6.45, 7) is 0. The number of aliphatic hydroxyl groups is 1. The highest BCUT2D eigenvalue weighted by atomic mass is 35.5. The van der Waals surface area contributed by atoms with E-state index >= 15 is 0 Å². The molecule has 0 amide bonds. The van der Waals surface area contributed by atoms with Crippen LogP contribution < -0.4 is 0 Å². The Morgan fingerprint density at radius 2 is 2.00 bits per heavy atom. The molecule has 0 radical (unpaired) electrons. The smallest absolute Gasteiger partial charge is 0.0931 e. The van der Waals surface area contributed by atoms with Crippen LogP contribution in [-0.2, 0) is 6.42 Å². The highest BCUT2D eigenvalue weighted by Gasteiger charge is 2.12. The molecule has 0 saturated carbocycles. The predicted octanol–water partition coefficient (Wildman–Crippen LogP) is 3.86. The number of rotatable bonds is 4. The molecule has 0 aliphatic rings. The molecule has 0 aliphatic carbocycles. The molecule has 2 aromatic heterocycles. The van der Waals surface area contributed by atoms with E-state index in [0.717, 1.165) is 20.5 Å². The van der Waals surface area contributed by atoms with Crippen molar-refractivity contribution in [3.05, 3.63) is 69.6 Å². The molecule has 0 spiro atoms. The summed E-state index contributed by atoms with van der Waals surface area (Å²) in [5.41, 5.74) is 1.78. The molecule has 5 heteroatoms. The summed E-state index contributed by atoms with van der Waals surface area (Å²) in [6, 6.07) is 13.6. The predicted molar refractivity (Wildman–Crippen MR) is 81.6 cm³/mol. The zero-order valence-corrected chi connectivity index (χ0v) is 12.2. The van der Waals surface area contributed by atoms with E-state index in [1.54, 1.807) is 10.9 Å². The first-order chi connectivity index (χ1) is 9.72. The summed E-state index contributed by atoms with van der Waals surface area (Å²) in [5, 5.41) is 14.5. The van der Waals surface area contributed by atoms with Crippen molar-refractivity contribution in [2.24, 2.45) is 0 Å². The second-order valence-electron chi connectivity index (χ2n) is 4.48. The molecule has 0 bridgehead atoms. The third-order valence-electron chi connectivity index (χ3n) is 3.03. The molecular formula is C15H13ClN2OS. The quantitative estimate of drug-likeness (QED) is 0.794. The van der Waals surface area contributed by atoms with Crippen LogP contribution >= 0.6 is 22.9 Å². The standard InChI is InChI=1S/C15H13ClN2OS/c16-15-7-6-13(20-15)8-14(19)11-9-17-18(10-11)12-4-2-1-3-5-12/h1-7,9-10,14,19H,8H2. The van der Waals surface area contributed by atoms with Gasteiger partial charge in [-0.15, -0.1) is 11.3 Å². The Balaban J connectivity index is 1.76. The fourth-order valence-corrected chi connectivity index (χ4v) is 3.12. The number of para-hydroxylation sites is 1. The van der Waals surface area contributed by atoms with Crippen LogP contribution in [0.15, 0.2) is 54.9 Å². The Hall–Kier alpha value is -1.62. The largest absolute Gasteiger partial charge is 0.388 e. The molecule has 2 heterocycles. The zero-order chi connectivity index (χ0) is 13.9. The summed E-state index contributed by atoms with van der Waals surface area (Å²) in [4.78, 5) is 1.06. The number of halogens is 1. The van der Waals surface area contributed by atoms with Gasteiger partial charge in [0.25, 0.3) is 0 Å². The number of aromatic nitrogens is 2. The minimum absolute atomic E-state index is 0.553. The Kier molecular flexibility index (Phi) is 3.87. The monoisotopic (exact) mass is 304 g/mol. The Morgan fingerprint density at radius 3 is 2.70 bits per heavy atom. The molecule has 20 heavy (non-hydrogen) atoms. The average molecular weight is 305 g/mol. The highest BCUT2D eigenvalue weighted by molar-refractivity contribution is 7.16. The van der Waals surface area contributed by atoms with Crippen molar-refractivity contribution in [3.8, 4) is 5.69 Å². The lowest BCUT2D eigenvalue weighted by Gasteiger charge is -2.06. The van der Waals surface area contributed by atoms with Crippen LogP contribution in [0.1, 0.15) is 16.5 Å². The van der Waals surface area contributed by atoms with Gasteiger partial charge in [-0.05, 0) is 24.3 Å². The molecule has 1 N–H and O–H groups in total.